The van der Waals surface area contributed by atoms with Gasteiger partial charge in [0.2, 0.25) is 0 Å². The highest BCUT2D eigenvalue weighted by Crippen LogP contribution is 2.34. The average Bonchev–Trinajstić information content (AvgIpc) is 2.63. The van der Waals surface area contributed by atoms with Crippen LogP contribution in [0.1, 0.15) is 17.3 Å². The van der Waals surface area contributed by atoms with Gasteiger partial charge in [-0.15, -0.1) is 0 Å². The summed E-state index contributed by atoms with van der Waals surface area (Å²) in [5, 5.41) is 3.17. The van der Waals surface area contributed by atoms with E-state index in [1.54, 1.807) is 12.1 Å². The first-order chi connectivity index (χ1) is 12.8. The van der Waals surface area contributed by atoms with E-state index in [1.807, 2.05) is 0 Å². The number of hydrogen-bond acceptors (Lipinski definition) is 5. The number of esters is 1. The number of hydrogen-bond donors (Lipinski definition) is 1. The van der Waals surface area contributed by atoms with E-state index < -0.39 is 18.0 Å². The van der Waals surface area contributed by atoms with Gasteiger partial charge in [0.1, 0.15) is 5.56 Å². The first-order valence-electron chi connectivity index (χ1n) is 7.65. The third kappa shape index (κ3) is 4.97. The van der Waals surface area contributed by atoms with Gasteiger partial charge in [0.15, 0.2) is 17.6 Å². The molecule has 0 fully saturated rings. The van der Waals surface area contributed by atoms with Crippen molar-refractivity contribution in [2.45, 2.75) is 13.0 Å². The summed E-state index contributed by atoms with van der Waals surface area (Å²) in [4.78, 5) is 24.8. The second-order valence-electron chi connectivity index (χ2n) is 5.32. The van der Waals surface area contributed by atoms with E-state index in [0.29, 0.717) is 10.8 Å². The van der Waals surface area contributed by atoms with Gasteiger partial charge in [-0.2, -0.15) is 0 Å². The van der Waals surface area contributed by atoms with Crippen molar-refractivity contribution in [3.63, 3.8) is 0 Å². The predicted molar refractivity (Wildman–Crippen MR) is 105 cm³/mol. The lowest BCUT2D eigenvalue weighted by molar-refractivity contribution is -0.123. The third-order valence-corrected chi connectivity index (χ3v) is 4.35. The van der Waals surface area contributed by atoms with Crippen molar-refractivity contribution >= 4 is 52.4 Å². The summed E-state index contributed by atoms with van der Waals surface area (Å²) in [5.41, 5.74) is 0.300. The van der Waals surface area contributed by atoms with Crippen LogP contribution in [0.2, 0.25) is 15.1 Å². The molecule has 0 aliphatic carbocycles. The second-order valence-corrected chi connectivity index (χ2v) is 6.57. The molecule has 144 valence electrons. The first-order valence-corrected chi connectivity index (χ1v) is 8.79. The van der Waals surface area contributed by atoms with Crippen LogP contribution in [0, 0.1) is 0 Å². The Bertz CT molecular complexity index is 849. The van der Waals surface area contributed by atoms with E-state index in [4.69, 9.17) is 49.0 Å². The molecule has 9 heteroatoms. The molecule has 2 rings (SSSR count). The minimum absolute atomic E-state index is 0.124. The van der Waals surface area contributed by atoms with E-state index in [9.17, 15) is 9.59 Å². The molecule has 0 spiro atoms. The van der Waals surface area contributed by atoms with Crippen molar-refractivity contribution in [3.05, 3.63) is 51.0 Å². The number of para-hydroxylation sites is 1. The number of anilines is 1. The maximum Gasteiger partial charge on any atom is 0.342 e. The van der Waals surface area contributed by atoms with Crippen LogP contribution in [0.4, 0.5) is 5.69 Å². The van der Waals surface area contributed by atoms with Gasteiger partial charge in [0.05, 0.1) is 30.0 Å². The Hall–Kier alpha value is -2.15. The fourth-order valence-electron chi connectivity index (χ4n) is 2.21. The maximum absolute atomic E-state index is 12.4. The van der Waals surface area contributed by atoms with Crippen molar-refractivity contribution in [1.82, 2.24) is 0 Å². The predicted octanol–water partition coefficient (Wildman–Crippen LogP) is 4.85. The number of ether oxygens (including phenoxy) is 3. The number of nitrogens with one attached hydrogen (secondary N) is 1. The normalized spacial score (nSPS) is 11.5. The topological polar surface area (TPSA) is 73.9 Å². The van der Waals surface area contributed by atoms with Gasteiger partial charge in [0.25, 0.3) is 5.91 Å². The summed E-state index contributed by atoms with van der Waals surface area (Å²) in [5.74, 6) is -0.789. The summed E-state index contributed by atoms with van der Waals surface area (Å²) < 4.78 is 15.6. The molecule has 1 N–H and O–H groups in total. The summed E-state index contributed by atoms with van der Waals surface area (Å²) in [6.07, 6.45) is -1.13. The van der Waals surface area contributed by atoms with E-state index in [-0.39, 0.29) is 27.0 Å². The molecule has 2 aromatic carbocycles. The van der Waals surface area contributed by atoms with Crippen LogP contribution < -0.4 is 14.8 Å². The molecule has 1 atom stereocenters. The molecule has 0 radical (unpaired) electrons. The highest BCUT2D eigenvalue weighted by Gasteiger charge is 2.24. The zero-order valence-electron chi connectivity index (χ0n) is 14.6. The van der Waals surface area contributed by atoms with Crippen molar-refractivity contribution in [2.24, 2.45) is 0 Å². The SMILES string of the molecule is COc1cccc(C(=O)OC(C)C(=O)Nc2c(Cl)cc(Cl)cc2Cl)c1OC. The Morgan fingerprint density at radius 1 is 1.04 bits per heavy atom. The zero-order chi connectivity index (χ0) is 20.1. The van der Waals surface area contributed by atoms with Gasteiger partial charge in [-0.25, -0.2) is 4.79 Å². The molecule has 1 amide bonds. The molecule has 0 saturated carbocycles. The number of halogens is 3. The van der Waals surface area contributed by atoms with Gasteiger partial charge < -0.3 is 19.5 Å². The number of carbonyl (C=O) groups excluding carboxylic acids is 2. The third-order valence-electron chi connectivity index (χ3n) is 3.53. The summed E-state index contributed by atoms with van der Waals surface area (Å²) in [7, 11) is 2.85. The summed E-state index contributed by atoms with van der Waals surface area (Å²) in [6, 6.07) is 7.61. The zero-order valence-corrected chi connectivity index (χ0v) is 16.9. The largest absolute Gasteiger partial charge is 0.493 e. The van der Waals surface area contributed by atoms with Crippen LogP contribution in [0.3, 0.4) is 0 Å². The molecule has 0 bridgehead atoms. The fraction of sp³-hybridized carbons (Fsp3) is 0.222. The Morgan fingerprint density at radius 2 is 1.67 bits per heavy atom. The van der Waals surface area contributed by atoms with E-state index in [1.165, 1.54) is 39.3 Å². The van der Waals surface area contributed by atoms with Gasteiger partial charge in [-0.1, -0.05) is 40.9 Å². The number of methoxy groups -OCH3 is 2. The van der Waals surface area contributed by atoms with Crippen LogP contribution in [0.5, 0.6) is 11.5 Å². The number of benzene rings is 2. The smallest absolute Gasteiger partial charge is 0.342 e. The van der Waals surface area contributed by atoms with Crippen LogP contribution in [0.15, 0.2) is 30.3 Å². The van der Waals surface area contributed by atoms with E-state index >= 15 is 0 Å². The van der Waals surface area contributed by atoms with Crippen molar-refractivity contribution < 1.29 is 23.8 Å². The van der Waals surface area contributed by atoms with E-state index in [0.717, 1.165) is 0 Å². The van der Waals surface area contributed by atoms with Gasteiger partial charge in [0, 0.05) is 5.02 Å². The molecule has 2 aromatic rings. The molecule has 0 aromatic heterocycles. The van der Waals surface area contributed by atoms with Crippen molar-refractivity contribution in [1.29, 1.82) is 0 Å². The molecule has 27 heavy (non-hydrogen) atoms. The second kappa shape index (κ2) is 9.17. The quantitative estimate of drug-likeness (QED) is 0.661. The molecule has 0 saturated heterocycles. The highest BCUT2D eigenvalue weighted by molar-refractivity contribution is 6.42. The average molecular weight is 433 g/mol. The van der Waals surface area contributed by atoms with Crippen LogP contribution >= 0.6 is 34.8 Å². The van der Waals surface area contributed by atoms with Gasteiger partial charge >= 0.3 is 5.97 Å². The van der Waals surface area contributed by atoms with E-state index in [2.05, 4.69) is 5.32 Å². The molecule has 1 unspecified atom stereocenters. The standard InChI is InChI=1S/C18H16Cl3NO5/c1-9(17(23)22-15-12(20)7-10(19)8-13(15)21)27-18(24)11-5-4-6-14(25-2)16(11)26-3/h4-9H,1-3H3,(H,22,23). The Labute approximate surface area is 171 Å². The monoisotopic (exact) mass is 431 g/mol. The molecule has 0 aliphatic rings. The lowest BCUT2D eigenvalue weighted by Gasteiger charge is -2.17. The number of amides is 1. The van der Waals surface area contributed by atoms with Crippen LogP contribution in [0.25, 0.3) is 0 Å². The lowest BCUT2D eigenvalue weighted by Crippen LogP contribution is -2.30. The Kier molecular flexibility index (Phi) is 7.18. The summed E-state index contributed by atoms with van der Waals surface area (Å²) in [6.45, 7) is 1.41. The minimum atomic E-state index is -1.13. The fourth-order valence-corrected chi connectivity index (χ4v) is 3.12. The van der Waals surface area contributed by atoms with Gasteiger partial charge in [-0.3, -0.25) is 4.79 Å². The number of carbonyl (C=O) groups is 2. The number of rotatable bonds is 6. The van der Waals surface area contributed by atoms with Crippen LogP contribution in [-0.2, 0) is 9.53 Å². The maximum atomic E-state index is 12.4. The molecule has 0 aliphatic heterocycles. The summed E-state index contributed by atoms with van der Waals surface area (Å²) >= 11 is 17.9. The molecular formula is C18H16Cl3NO5. The lowest BCUT2D eigenvalue weighted by atomic mass is 10.2. The van der Waals surface area contributed by atoms with Gasteiger partial charge in [-0.05, 0) is 31.2 Å². The Morgan fingerprint density at radius 3 is 2.22 bits per heavy atom. The molecule has 0 heterocycles. The molecule has 6 nitrogen and oxygen atoms in total. The van der Waals surface area contributed by atoms with Crippen molar-refractivity contribution in [2.75, 3.05) is 19.5 Å². The first kappa shape index (κ1) is 21.2. The van der Waals surface area contributed by atoms with Crippen LogP contribution in [-0.4, -0.2) is 32.2 Å². The molecular weight excluding hydrogens is 417 g/mol. The highest BCUT2D eigenvalue weighted by atomic mass is 35.5. The Balaban J connectivity index is 2.14. The van der Waals surface area contributed by atoms with Crippen molar-refractivity contribution in [3.8, 4) is 11.5 Å². The minimum Gasteiger partial charge on any atom is -0.493 e.